The van der Waals surface area contributed by atoms with Gasteiger partial charge in [-0.3, -0.25) is 4.79 Å². The lowest BCUT2D eigenvalue weighted by Gasteiger charge is -2.17. The van der Waals surface area contributed by atoms with Crippen molar-refractivity contribution in [3.8, 4) is 23.1 Å². The fourth-order valence-electron chi connectivity index (χ4n) is 2.88. The highest BCUT2D eigenvalue weighted by atomic mass is 35.5. The number of amides is 1. The average molecular weight is 531 g/mol. The topological polar surface area (TPSA) is 110 Å². The van der Waals surface area contributed by atoms with Gasteiger partial charge < -0.3 is 29.7 Å². The summed E-state index contributed by atoms with van der Waals surface area (Å²) in [5.41, 5.74) is -1.47. The van der Waals surface area contributed by atoms with Crippen LogP contribution in [0, 0.1) is 5.82 Å². The molecule has 36 heavy (non-hydrogen) atoms. The molecule has 0 unspecified atom stereocenters. The van der Waals surface area contributed by atoms with E-state index in [9.17, 15) is 27.5 Å². The van der Waals surface area contributed by atoms with Crippen molar-refractivity contribution in [3.63, 3.8) is 0 Å². The van der Waals surface area contributed by atoms with Gasteiger partial charge in [-0.1, -0.05) is 11.6 Å². The van der Waals surface area contributed by atoms with Gasteiger partial charge in [0.2, 0.25) is 5.88 Å². The van der Waals surface area contributed by atoms with E-state index in [0.29, 0.717) is 6.07 Å². The number of carbonyl (C=O) groups is 1. The van der Waals surface area contributed by atoms with Gasteiger partial charge in [0.15, 0.2) is 11.5 Å². The molecule has 0 aliphatic heterocycles. The minimum absolute atomic E-state index is 0.00160. The van der Waals surface area contributed by atoms with Gasteiger partial charge in [-0.15, -0.1) is 0 Å². The summed E-state index contributed by atoms with van der Waals surface area (Å²) in [7, 11) is 1.21. The summed E-state index contributed by atoms with van der Waals surface area (Å²) >= 11 is 5.82. The molecule has 0 aliphatic carbocycles. The Balaban J connectivity index is 1.96. The van der Waals surface area contributed by atoms with Crippen LogP contribution in [0.25, 0.3) is 0 Å². The lowest BCUT2D eigenvalue weighted by Crippen LogP contribution is -2.21. The summed E-state index contributed by atoms with van der Waals surface area (Å²) in [4.78, 5) is 16.9. The summed E-state index contributed by atoms with van der Waals surface area (Å²) in [5.74, 6) is -2.36. The van der Waals surface area contributed by atoms with E-state index in [1.54, 1.807) is 0 Å². The molecule has 3 aromatic rings. The first kappa shape index (κ1) is 27.0. The fraction of sp³-hybridized carbons (Fsp3) is 0.217. The van der Waals surface area contributed by atoms with Gasteiger partial charge in [0.25, 0.3) is 5.91 Å². The van der Waals surface area contributed by atoms with Crippen LogP contribution in [0.2, 0.25) is 5.02 Å². The number of nitrogens with one attached hydrogen (secondary N) is 1. The Bertz CT molecular complexity index is 1240. The highest BCUT2D eigenvalue weighted by Gasteiger charge is 2.35. The first-order chi connectivity index (χ1) is 17.0. The first-order valence-corrected chi connectivity index (χ1v) is 10.5. The van der Waals surface area contributed by atoms with Crippen LogP contribution >= 0.6 is 11.6 Å². The number of pyridine rings is 1. The minimum Gasteiger partial charge on any atom is -0.493 e. The Hall–Kier alpha value is -3.61. The zero-order valence-corrected chi connectivity index (χ0v) is 19.2. The number of rotatable bonds is 9. The van der Waals surface area contributed by atoms with Gasteiger partial charge in [-0.05, 0) is 30.3 Å². The molecule has 8 nitrogen and oxygen atoms in total. The summed E-state index contributed by atoms with van der Waals surface area (Å²) in [6, 6.07) is 7.11. The maximum atomic E-state index is 13.5. The van der Waals surface area contributed by atoms with Crippen LogP contribution in [0.15, 0.2) is 48.7 Å². The number of benzene rings is 2. The van der Waals surface area contributed by atoms with Gasteiger partial charge in [-0.2, -0.15) is 13.2 Å². The third-order valence-corrected chi connectivity index (χ3v) is 4.90. The molecule has 0 saturated heterocycles. The molecule has 0 spiro atoms. The Morgan fingerprint density at radius 3 is 2.56 bits per heavy atom. The lowest BCUT2D eigenvalue weighted by atomic mass is 10.1. The maximum Gasteiger partial charge on any atom is 0.417 e. The van der Waals surface area contributed by atoms with Gasteiger partial charge in [-0.25, -0.2) is 9.37 Å². The number of hydrogen-bond donors (Lipinski definition) is 3. The fourth-order valence-corrected chi connectivity index (χ4v) is 3.15. The van der Waals surface area contributed by atoms with E-state index in [4.69, 9.17) is 30.9 Å². The second-order valence-corrected chi connectivity index (χ2v) is 7.61. The molecule has 1 amide bonds. The van der Waals surface area contributed by atoms with Crippen molar-refractivity contribution in [2.24, 2.45) is 0 Å². The molecule has 1 aromatic heterocycles. The summed E-state index contributed by atoms with van der Waals surface area (Å²) in [5, 5.41) is 20.0. The summed E-state index contributed by atoms with van der Waals surface area (Å²) in [6.07, 6.45) is -4.73. The predicted molar refractivity (Wildman–Crippen MR) is 120 cm³/mol. The van der Waals surface area contributed by atoms with Gasteiger partial charge >= 0.3 is 6.18 Å². The second kappa shape index (κ2) is 11.4. The van der Waals surface area contributed by atoms with Crippen LogP contribution in [0.1, 0.15) is 15.9 Å². The minimum atomic E-state index is -4.85. The van der Waals surface area contributed by atoms with E-state index in [1.165, 1.54) is 25.4 Å². The van der Waals surface area contributed by atoms with Crippen LogP contribution in [0.5, 0.6) is 23.1 Å². The van der Waals surface area contributed by atoms with Crippen molar-refractivity contribution in [1.29, 1.82) is 0 Å². The molecule has 3 rings (SSSR count). The Kier molecular flexibility index (Phi) is 8.56. The molecule has 192 valence electrons. The van der Waals surface area contributed by atoms with Crippen LogP contribution in [-0.2, 0) is 6.18 Å². The molecule has 1 heterocycles. The number of aliphatic hydroxyl groups is 2. The molecular formula is C23H19ClF4N2O6. The first-order valence-electron chi connectivity index (χ1n) is 10.1. The van der Waals surface area contributed by atoms with Crippen molar-refractivity contribution in [1.82, 2.24) is 4.98 Å². The zero-order chi connectivity index (χ0) is 26.5. The number of carbonyl (C=O) groups excluding carboxylic acids is 1. The Morgan fingerprint density at radius 2 is 1.89 bits per heavy atom. The van der Waals surface area contributed by atoms with Crippen molar-refractivity contribution in [2.45, 2.75) is 12.3 Å². The lowest BCUT2D eigenvalue weighted by molar-refractivity contribution is -0.137. The monoisotopic (exact) mass is 530 g/mol. The number of aliphatic hydroxyl groups excluding tert-OH is 2. The van der Waals surface area contributed by atoms with E-state index in [-0.39, 0.29) is 35.2 Å². The molecule has 1 atom stereocenters. The van der Waals surface area contributed by atoms with Crippen molar-refractivity contribution < 1.29 is 46.8 Å². The van der Waals surface area contributed by atoms with Crippen molar-refractivity contribution in [3.05, 3.63) is 70.6 Å². The molecule has 0 bridgehead atoms. The highest BCUT2D eigenvalue weighted by molar-refractivity contribution is 6.32. The predicted octanol–water partition coefficient (Wildman–Crippen LogP) is 4.68. The van der Waals surface area contributed by atoms with E-state index in [0.717, 1.165) is 24.3 Å². The van der Waals surface area contributed by atoms with Crippen molar-refractivity contribution >= 4 is 23.2 Å². The van der Waals surface area contributed by atoms with Crippen LogP contribution in [0.4, 0.5) is 23.2 Å². The molecule has 3 N–H and O–H groups in total. The normalized spacial score (nSPS) is 12.1. The highest BCUT2D eigenvalue weighted by Crippen LogP contribution is 2.41. The number of halogens is 5. The molecule has 2 aromatic carbocycles. The number of nitrogens with zero attached hydrogens (tertiary/aromatic N) is 1. The zero-order valence-electron chi connectivity index (χ0n) is 18.5. The Morgan fingerprint density at radius 1 is 1.14 bits per heavy atom. The smallest absolute Gasteiger partial charge is 0.417 e. The van der Waals surface area contributed by atoms with Crippen LogP contribution in [-0.4, -0.2) is 47.5 Å². The third-order valence-electron chi connectivity index (χ3n) is 4.59. The van der Waals surface area contributed by atoms with E-state index in [2.05, 4.69) is 10.3 Å². The van der Waals surface area contributed by atoms with Crippen molar-refractivity contribution in [2.75, 3.05) is 25.6 Å². The van der Waals surface area contributed by atoms with Gasteiger partial charge in [0.05, 0.1) is 29.9 Å². The maximum absolute atomic E-state index is 13.5. The molecule has 0 radical (unpaired) electrons. The quantitative estimate of drug-likeness (QED) is 0.345. The number of hydrogen-bond acceptors (Lipinski definition) is 7. The standard InChI is InChI=1S/C23H19ClF4N2O6/c1-34-20-6-12(25)2-3-18(20)36-19-9-16(23(26,27)28)17(24)8-15(19)22(33)30-13-4-5-29-21(7-13)35-11-14(32)10-31/h2-9,14,31-32H,10-11H2,1H3,(H,29,30,33)/t14-/m1/s1. The number of methoxy groups -OCH3 is 1. The number of alkyl halides is 3. The van der Waals surface area contributed by atoms with E-state index < -0.39 is 46.9 Å². The Labute approximate surface area is 207 Å². The molecule has 0 saturated carbocycles. The number of aromatic nitrogens is 1. The van der Waals surface area contributed by atoms with Gasteiger partial charge in [0.1, 0.15) is 24.3 Å². The molecule has 0 fully saturated rings. The summed E-state index contributed by atoms with van der Waals surface area (Å²) < 4.78 is 69.7. The van der Waals surface area contributed by atoms with Gasteiger partial charge in [0, 0.05) is 24.0 Å². The number of anilines is 1. The largest absolute Gasteiger partial charge is 0.493 e. The van der Waals surface area contributed by atoms with Crippen LogP contribution < -0.4 is 19.5 Å². The SMILES string of the molecule is COc1cc(F)ccc1Oc1cc(C(F)(F)F)c(Cl)cc1C(=O)Nc1ccnc(OC[C@H](O)CO)c1. The molecule has 13 heteroatoms. The number of ether oxygens (including phenoxy) is 3. The summed E-state index contributed by atoms with van der Waals surface area (Å²) in [6.45, 7) is -0.806. The van der Waals surface area contributed by atoms with E-state index >= 15 is 0 Å². The molecular weight excluding hydrogens is 512 g/mol. The molecule has 0 aliphatic rings. The van der Waals surface area contributed by atoms with Crippen LogP contribution in [0.3, 0.4) is 0 Å². The van der Waals surface area contributed by atoms with E-state index in [1.807, 2.05) is 0 Å². The average Bonchev–Trinajstić information content (AvgIpc) is 2.83. The second-order valence-electron chi connectivity index (χ2n) is 7.21. The third kappa shape index (κ3) is 6.74.